The molecule has 0 heterocycles. The van der Waals surface area contributed by atoms with Crippen LogP contribution in [0.5, 0.6) is 0 Å². The minimum absolute atomic E-state index is 0.650. The molecule has 0 aliphatic carbocycles. The molecule has 0 saturated heterocycles. The Morgan fingerprint density at radius 2 is 1.77 bits per heavy atom. The summed E-state index contributed by atoms with van der Waals surface area (Å²) < 4.78 is 0. The minimum atomic E-state index is 0.650. The molecule has 2 heteroatoms. The minimum Gasteiger partial charge on any atom is -0.306 e. The normalized spacial score (nSPS) is 14.1. The van der Waals surface area contributed by atoms with Crippen LogP contribution in [-0.4, -0.2) is 29.9 Å². The van der Waals surface area contributed by atoms with Gasteiger partial charge in [0.2, 0.25) is 0 Å². The highest BCUT2D eigenvalue weighted by molar-refractivity contribution is 9.09. The SMILES string of the molecule is CCC(CC)CN(C)CCC(C)Br. The quantitative estimate of drug-likeness (QED) is 0.625. The predicted molar refractivity (Wildman–Crippen MR) is 64.6 cm³/mol. The molecule has 1 unspecified atom stereocenters. The molecule has 0 N–H and O–H groups in total. The molecule has 1 atom stereocenters. The molecule has 13 heavy (non-hydrogen) atoms. The third-order valence-electron chi connectivity index (χ3n) is 2.63. The van der Waals surface area contributed by atoms with Crippen molar-refractivity contribution in [2.75, 3.05) is 20.1 Å². The van der Waals surface area contributed by atoms with Crippen LogP contribution in [0.3, 0.4) is 0 Å². The third-order valence-corrected chi connectivity index (χ3v) is 3.09. The summed E-state index contributed by atoms with van der Waals surface area (Å²) in [6.07, 6.45) is 3.87. The molecule has 0 saturated carbocycles. The number of alkyl halides is 1. The predicted octanol–water partition coefficient (Wildman–Crippen LogP) is 3.53. The number of hydrogen-bond acceptors (Lipinski definition) is 1. The fourth-order valence-electron chi connectivity index (χ4n) is 1.48. The van der Waals surface area contributed by atoms with E-state index in [4.69, 9.17) is 0 Å². The van der Waals surface area contributed by atoms with Gasteiger partial charge >= 0.3 is 0 Å². The maximum Gasteiger partial charge on any atom is 0.0129 e. The first-order valence-electron chi connectivity index (χ1n) is 5.42. The van der Waals surface area contributed by atoms with E-state index >= 15 is 0 Å². The molecule has 1 nitrogen and oxygen atoms in total. The Labute approximate surface area is 92.0 Å². The Bertz CT molecular complexity index is 111. The van der Waals surface area contributed by atoms with E-state index in [2.05, 4.69) is 48.6 Å². The molecular weight excluding hydrogens is 226 g/mol. The van der Waals surface area contributed by atoms with E-state index < -0.39 is 0 Å². The van der Waals surface area contributed by atoms with E-state index in [9.17, 15) is 0 Å². The lowest BCUT2D eigenvalue weighted by Crippen LogP contribution is -2.27. The second-order valence-corrected chi connectivity index (χ2v) is 5.58. The summed E-state index contributed by atoms with van der Waals surface area (Å²) in [7, 11) is 2.23. The van der Waals surface area contributed by atoms with Crippen molar-refractivity contribution < 1.29 is 0 Å². The summed E-state index contributed by atoms with van der Waals surface area (Å²) in [5.41, 5.74) is 0. The van der Waals surface area contributed by atoms with Crippen molar-refractivity contribution in [3.63, 3.8) is 0 Å². The van der Waals surface area contributed by atoms with Gasteiger partial charge in [-0.05, 0) is 25.9 Å². The fourth-order valence-corrected chi connectivity index (χ4v) is 1.68. The zero-order chi connectivity index (χ0) is 10.3. The summed E-state index contributed by atoms with van der Waals surface area (Å²) in [6.45, 7) is 9.25. The van der Waals surface area contributed by atoms with Gasteiger partial charge in [-0.15, -0.1) is 0 Å². The molecule has 0 rings (SSSR count). The Balaban J connectivity index is 3.53. The summed E-state index contributed by atoms with van der Waals surface area (Å²) in [4.78, 5) is 3.10. The summed E-state index contributed by atoms with van der Waals surface area (Å²) in [6, 6.07) is 0. The molecule has 0 amide bonds. The van der Waals surface area contributed by atoms with Gasteiger partial charge in [-0.1, -0.05) is 49.5 Å². The van der Waals surface area contributed by atoms with Crippen molar-refractivity contribution in [3.05, 3.63) is 0 Å². The Morgan fingerprint density at radius 1 is 1.23 bits per heavy atom. The molecule has 80 valence electrons. The number of rotatable bonds is 7. The van der Waals surface area contributed by atoms with E-state index in [1.165, 1.54) is 32.4 Å². The van der Waals surface area contributed by atoms with Gasteiger partial charge in [-0.2, -0.15) is 0 Å². The molecular formula is C11H24BrN. The highest BCUT2D eigenvalue weighted by Crippen LogP contribution is 2.10. The van der Waals surface area contributed by atoms with Crippen molar-refractivity contribution in [1.29, 1.82) is 0 Å². The van der Waals surface area contributed by atoms with Gasteiger partial charge in [-0.3, -0.25) is 0 Å². The average Bonchev–Trinajstić information content (AvgIpc) is 2.10. The van der Waals surface area contributed by atoms with E-state index in [-0.39, 0.29) is 0 Å². The lowest BCUT2D eigenvalue weighted by molar-refractivity contribution is 0.265. The molecule has 0 aromatic rings. The molecule has 0 radical (unpaired) electrons. The monoisotopic (exact) mass is 249 g/mol. The average molecular weight is 250 g/mol. The van der Waals surface area contributed by atoms with E-state index in [0.717, 1.165) is 5.92 Å². The second kappa shape index (κ2) is 7.81. The first kappa shape index (κ1) is 13.4. The van der Waals surface area contributed by atoms with Crippen molar-refractivity contribution in [2.24, 2.45) is 5.92 Å². The standard InChI is InChI=1S/C11H24BrN/c1-5-11(6-2)9-13(4)8-7-10(3)12/h10-11H,5-9H2,1-4H3. The molecule has 0 fully saturated rings. The fraction of sp³-hybridized carbons (Fsp3) is 1.00. The molecule has 0 aromatic carbocycles. The largest absolute Gasteiger partial charge is 0.306 e. The van der Waals surface area contributed by atoms with Gasteiger partial charge in [-0.25, -0.2) is 0 Å². The van der Waals surface area contributed by atoms with Crippen LogP contribution in [-0.2, 0) is 0 Å². The lowest BCUT2D eigenvalue weighted by Gasteiger charge is -2.22. The van der Waals surface area contributed by atoms with Gasteiger partial charge in [0.25, 0.3) is 0 Å². The third kappa shape index (κ3) is 7.51. The van der Waals surface area contributed by atoms with E-state index in [1.807, 2.05) is 0 Å². The van der Waals surface area contributed by atoms with Crippen LogP contribution in [0.25, 0.3) is 0 Å². The van der Waals surface area contributed by atoms with Crippen molar-refractivity contribution >= 4 is 15.9 Å². The van der Waals surface area contributed by atoms with Gasteiger partial charge in [0.05, 0.1) is 0 Å². The Kier molecular flexibility index (Phi) is 8.07. The van der Waals surface area contributed by atoms with Gasteiger partial charge in [0.1, 0.15) is 0 Å². The Morgan fingerprint density at radius 3 is 2.15 bits per heavy atom. The summed E-state index contributed by atoms with van der Waals surface area (Å²) in [5.74, 6) is 0.885. The van der Waals surface area contributed by atoms with Crippen LogP contribution in [0.4, 0.5) is 0 Å². The van der Waals surface area contributed by atoms with Gasteiger partial charge in [0.15, 0.2) is 0 Å². The smallest absolute Gasteiger partial charge is 0.0129 e. The zero-order valence-corrected chi connectivity index (χ0v) is 11.1. The van der Waals surface area contributed by atoms with Gasteiger partial charge in [0, 0.05) is 11.4 Å². The van der Waals surface area contributed by atoms with Crippen LogP contribution in [0, 0.1) is 5.92 Å². The maximum atomic E-state index is 3.58. The van der Waals surface area contributed by atoms with Crippen LogP contribution in [0.2, 0.25) is 0 Å². The van der Waals surface area contributed by atoms with Crippen LogP contribution in [0.15, 0.2) is 0 Å². The number of halogens is 1. The van der Waals surface area contributed by atoms with Crippen LogP contribution < -0.4 is 0 Å². The van der Waals surface area contributed by atoms with Crippen LogP contribution in [0.1, 0.15) is 40.0 Å². The topological polar surface area (TPSA) is 3.24 Å². The molecule has 0 bridgehead atoms. The van der Waals surface area contributed by atoms with Crippen molar-refractivity contribution in [3.8, 4) is 0 Å². The second-order valence-electron chi connectivity index (χ2n) is 4.01. The zero-order valence-electron chi connectivity index (χ0n) is 9.52. The van der Waals surface area contributed by atoms with E-state index in [1.54, 1.807) is 0 Å². The molecule has 0 aromatic heterocycles. The summed E-state index contributed by atoms with van der Waals surface area (Å²) >= 11 is 3.58. The Hall–Kier alpha value is 0.440. The number of nitrogens with zero attached hydrogens (tertiary/aromatic N) is 1. The van der Waals surface area contributed by atoms with Crippen molar-refractivity contribution in [2.45, 2.75) is 44.9 Å². The lowest BCUT2D eigenvalue weighted by atomic mass is 10.0. The molecule has 0 spiro atoms. The molecule has 0 aliphatic rings. The first-order chi connectivity index (χ1) is 6.10. The molecule has 0 aliphatic heterocycles. The highest BCUT2D eigenvalue weighted by Gasteiger charge is 2.07. The first-order valence-corrected chi connectivity index (χ1v) is 6.34. The highest BCUT2D eigenvalue weighted by atomic mass is 79.9. The van der Waals surface area contributed by atoms with E-state index in [0.29, 0.717) is 4.83 Å². The van der Waals surface area contributed by atoms with Crippen LogP contribution >= 0.6 is 15.9 Å². The summed E-state index contributed by atoms with van der Waals surface area (Å²) in [5, 5.41) is 0. The number of hydrogen-bond donors (Lipinski definition) is 0. The maximum absolute atomic E-state index is 3.58. The van der Waals surface area contributed by atoms with Gasteiger partial charge < -0.3 is 4.90 Å². The van der Waals surface area contributed by atoms with Crippen molar-refractivity contribution in [1.82, 2.24) is 4.90 Å².